The number of hydrogen-bond donors (Lipinski definition) is 1. The van der Waals surface area contributed by atoms with Gasteiger partial charge in [0.25, 0.3) is 0 Å². The van der Waals surface area contributed by atoms with Gasteiger partial charge in [0.05, 0.1) is 19.1 Å². The van der Waals surface area contributed by atoms with E-state index in [-0.39, 0.29) is 33.5 Å². The Balaban J connectivity index is 4.98. The molecule has 0 fully saturated rings. The van der Waals surface area contributed by atoms with Crippen LogP contribution in [0.15, 0.2) is 0 Å². The maximum atomic E-state index is 13.1. The van der Waals surface area contributed by atoms with Crippen LogP contribution in [0, 0.1) is 33.5 Å². The van der Waals surface area contributed by atoms with Crippen molar-refractivity contribution in [2.24, 2.45) is 39.2 Å². The van der Waals surface area contributed by atoms with Crippen molar-refractivity contribution in [2.75, 3.05) is 13.2 Å². The third kappa shape index (κ3) is 14.6. The highest BCUT2D eigenvalue weighted by Gasteiger charge is 2.37. The van der Waals surface area contributed by atoms with Gasteiger partial charge in [-0.25, -0.2) is 0 Å². The van der Waals surface area contributed by atoms with Crippen LogP contribution in [0.3, 0.4) is 0 Å². The molecule has 5 heteroatoms. The minimum Gasteiger partial charge on any atom is -0.465 e. The number of esters is 2. The second-order valence-corrected chi connectivity index (χ2v) is 14.8. The van der Waals surface area contributed by atoms with Gasteiger partial charge in [-0.05, 0) is 59.7 Å². The third-order valence-corrected chi connectivity index (χ3v) is 7.75. The zero-order valence-electron chi connectivity index (χ0n) is 26.7. The lowest BCUT2D eigenvalue weighted by atomic mass is 9.73. The molecule has 0 rings (SSSR count). The first-order chi connectivity index (χ1) is 16.8. The van der Waals surface area contributed by atoms with Crippen LogP contribution in [0.5, 0.6) is 0 Å². The van der Waals surface area contributed by atoms with Gasteiger partial charge < -0.3 is 15.2 Å². The normalized spacial score (nSPS) is 15.7. The van der Waals surface area contributed by atoms with Gasteiger partial charge >= 0.3 is 11.9 Å². The molecule has 0 saturated carbocycles. The number of nitrogens with two attached hydrogens (primary N) is 1. The van der Waals surface area contributed by atoms with Gasteiger partial charge in [0.1, 0.15) is 6.04 Å². The summed E-state index contributed by atoms with van der Waals surface area (Å²) < 4.78 is 11.5. The largest absolute Gasteiger partial charge is 0.465 e. The Morgan fingerprint density at radius 3 is 1.41 bits per heavy atom. The van der Waals surface area contributed by atoms with Crippen molar-refractivity contribution >= 4 is 11.9 Å². The maximum Gasteiger partial charge on any atom is 0.323 e. The molecule has 220 valence electrons. The standard InChI is InChI=1S/C32H63NO4/c1-13-16-18-29(5,6)20-31(9,10)22-36-27(34)25(15-3)24(4)26(33)28(35)37-23-32(11,12)21-30(7,8)19-17-14-2/h24-26H,13-23,33H2,1-12H3. The van der Waals surface area contributed by atoms with Crippen molar-refractivity contribution in [3.63, 3.8) is 0 Å². The first-order valence-electron chi connectivity index (χ1n) is 14.9. The molecule has 0 amide bonds. The Morgan fingerprint density at radius 1 is 0.676 bits per heavy atom. The summed E-state index contributed by atoms with van der Waals surface area (Å²) in [5.41, 5.74) is 6.46. The quantitative estimate of drug-likeness (QED) is 0.171. The zero-order chi connectivity index (χ0) is 29.1. The summed E-state index contributed by atoms with van der Waals surface area (Å²) in [5, 5.41) is 0. The molecule has 0 radical (unpaired) electrons. The fourth-order valence-electron chi connectivity index (χ4n) is 6.13. The highest BCUT2D eigenvalue weighted by molar-refractivity contribution is 5.78. The average molecular weight is 526 g/mol. The molecule has 0 aliphatic heterocycles. The summed E-state index contributed by atoms with van der Waals surface area (Å²) in [6, 6.07) is -0.859. The lowest BCUT2D eigenvalue weighted by Crippen LogP contribution is -2.45. The molecule has 5 nitrogen and oxygen atoms in total. The number of carbonyl (C=O) groups is 2. The summed E-state index contributed by atoms with van der Waals surface area (Å²) in [6.07, 6.45) is 9.62. The van der Waals surface area contributed by atoms with Crippen LogP contribution in [0.2, 0.25) is 0 Å². The summed E-state index contributed by atoms with van der Waals surface area (Å²) >= 11 is 0. The Labute approximate surface area is 230 Å². The van der Waals surface area contributed by atoms with E-state index in [4.69, 9.17) is 15.2 Å². The molecule has 3 atom stereocenters. The van der Waals surface area contributed by atoms with E-state index in [1.54, 1.807) is 0 Å². The average Bonchev–Trinajstić information content (AvgIpc) is 2.77. The van der Waals surface area contributed by atoms with Gasteiger partial charge in [0.2, 0.25) is 0 Å². The Morgan fingerprint density at radius 2 is 1.05 bits per heavy atom. The molecule has 0 aromatic rings. The Hall–Kier alpha value is -1.10. The minimum atomic E-state index is -0.859. The highest BCUT2D eigenvalue weighted by atomic mass is 16.5. The fraction of sp³-hybridized carbons (Fsp3) is 0.938. The predicted molar refractivity (Wildman–Crippen MR) is 156 cm³/mol. The van der Waals surface area contributed by atoms with Gasteiger partial charge in [-0.15, -0.1) is 0 Å². The smallest absolute Gasteiger partial charge is 0.323 e. The van der Waals surface area contributed by atoms with Crippen LogP contribution in [-0.2, 0) is 19.1 Å². The van der Waals surface area contributed by atoms with Gasteiger partial charge in [-0.2, -0.15) is 0 Å². The summed E-state index contributed by atoms with van der Waals surface area (Å²) in [6.45, 7) is 26.7. The molecule has 3 unspecified atom stereocenters. The second-order valence-electron chi connectivity index (χ2n) is 14.8. The predicted octanol–water partition coefficient (Wildman–Crippen LogP) is 8.33. The molecule has 0 bridgehead atoms. The van der Waals surface area contributed by atoms with Crippen LogP contribution in [0.4, 0.5) is 0 Å². The van der Waals surface area contributed by atoms with Gasteiger partial charge in [-0.1, -0.05) is 109 Å². The van der Waals surface area contributed by atoms with Gasteiger partial charge in [0.15, 0.2) is 0 Å². The molecule has 0 aromatic carbocycles. The van der Waals surface area contributed by atoms with Crippen LogP contribution in [-0.4, -0.2) is 31.2 Å². The fourth-order valence-corrected chi connectivity index (χ4v) is 6.13. The Bertz CT molecular complexity index is 680. The van der Waals surface area contributed by atoms with E-state index in [9.17, 15) is 9.59 Å². The van der Waals surface area contributed by atoms with Crippen LogP contribution in [0.25, 0.3) is 0 Å². The van der Waals surface area contributed by atoms with Crippen molar-refractivity contribution in [1.82, 2.24) is 0 Å². The van der Waals surface area contributed by atoms with Crippen molar-refractivity contribution < 1.29 is 19.1 Å². The molecule has 0 spiro atoms. The number of hydrogen-bond acceptors (Lipinski definition) is 5. The zero-order valence-corrected chi connectivity index (χ0v) is 26.7. The van der Waals surface area contributed by atoms with Crippen molar-refractivity contribution in [3.8, 4) is 0 Å². The highest BCUT2D eigenvalue weighted by Crippen LogP contribution is 2.39. The lowest BCUT2D eigenvalue weighted by molar-refractivity contribution is -0.157. The van der Waals surface area contributed by atoms with E-state index >= 15 is 0 Å². The van der Waals surface area contributed by atoms with Gasteiger partial charge in [0, 0.05) is 0 Å². The van der Waals surface area contributed by atoms with E-state index in [0.29, 0.717) is 19.6 Å². The summed E-state index contributed by atoms with van der Waals surface area (Å²) in [4.78, 5) is 25.9. The molecular formula is C32H63NO4. The lowest BCUT2D eigenvalue weighted by Gasteiger charge is -2.36. The number of carbonyl (C=O) groups excluding carboxylic acids is 2. The third-order valence-electron chi connectivity index (χ3n) is 7.75. The van der Waals surface area contributed by atoms with E-state index in [1.807, 2.05) is 13.8 Å². The minimum absolute atomic E-state index is 0.119. The van der Waals surface area contributed by atoms with Crippen LogP contribution < -0.4 is 5.73 Å². The first-order valence-corrected chi connectivity index (χ1v) is 14.9. The maximum absolute atomic E-state index is 13.1. The van der Waals surface area contributed by atoms with E-state index < -0.39 is 17.9 Å². The molecule has 37 heavy (non-hydrogen) atoms. The molecule has 0 saturated heterocycles. The van der Waals surface area contributed by atoms with E-state index in [1.165, 1.54) is 32.1 Å². The van der Waals surface area contributed by atoms with Crippen molar-refractivity contribution in [2.45, 2.75) is 147 Å². The van der Waals surface area contributed by atoms with E-state index in [0.717, 1.165) is 19.3 Å². The molecule has 2 N–H and O–H groups in total. The van der Waals surface area contributed by atoms with Crippen molar-refractivity contribution in [1.29, 1.82) is 0 Å². The van der Waals surface area contributed by atoms with Crippen LogP contribution >= 0.6 is 0 Å². The molecule has 0 aliphatic rings. The number of rotatable bonds is 19. The van der Waals surface area contributed by atoms with Crippen molar-refractivity contribution in [3.05, 3.63) is 0 Å². The molecule has 0 aliphatic carbocycles. The first kappa shape index (κ1) is 35.9. The van der Waals surface area contributed by atoms with Gasteiger partial charge in [-0.3, -0.25) is 9.59 Å². The topological polar surface area (TPSA) is 78.6 Å². The Kier molecular flexibility index (Phi) is 15.0. The molecule has 0 aromatic heterocycles. The van der Waals surface area contributed by atoms with Crippen LogP contribution in [0.1, 0.15) is 141 Å². The number of unbranched alkanes of at least 4 members (excludes halogenated alkanes) is 2. The van der Waals surface area contributed by atoms with E-state index in [2.05, 4.69) is 69.2 Å². The summed E-state index contributed by atoms with van der Waals surface area (Å²) in [7, 11) is 0. The second kappa shape index (κ2) is 15.5. The number of ether oxygens (including phenoxy) is 2. The molecular weight excluding hydrogens is 462 g/mol. The monoisotopic (exact) mass is 525 g/mol. The SMILES string of the molecule is CCCCC(C)(C)CC(C)(C)COC(=O)C(N)C(C)C(CC)C(=O)OCC(C)(C)CC(C)(C)CCCC. The molecule has 0 heterocycles. The summed E-state index contributed by atoms with van der Waals surface area (Å²) in [5.74, 6) is -1.50.